The molecule has 0 amide bonds. The molecule has 0 unspecified atom stereocenters. The van der Waals surface area contributed by atoms with Gasteiger partial charge in [0.2, 0.25) is 0 Å². The van der Waals surface area contributed by atoms with Gasteiger partial charge < -0.3 is 18.9 Å². The zero-order valence-electron chi connectivity index (χ0n) is 68.9. The SMILES string of the molecule is CC(C)(C)c1ccc2c(c1)c1cc(C(C)(C)C)ccc1n2-c1ccc2c(c1)N(c1ccccc1-c1ccccc1-c1ccccc1-c1ccccc1)c1cc(-c3ccccc3)cc3c1B2c1ccc(-n2c4ccc(C(C)(C)C)cc4c4cc(C(C)(C)C)ccc42)cc1N3c1ccccc1-c1ccccc1-c1ccccc1-c1ccccc1. The van der Waals surface area contributed by atoms with E-state index in [0.29, 0.717) is 0 Å². The second-order valence-corrected chi connectivity index (χ2v) is 36.4. The third-order valence-corrected chi connectivity index (χ3v) is 25.0. The Labute approximate surface area is 689 Å². The Hall–Kier alpha value is -13.2. The van der Waals surface area contributed by atoms with Crippen molar-refractivity contribution in [3.8, 4) is 89.3 Å². The molecule has 0 atom stereocenters. The van der Waals surface area contributed by atoms with E-state index in [1.807, 2.05) is 0 Å². The van der Waals surface area contributed by atoms with Crippen molar-refractivity contribution in [1.82, 2.24) is 9.13 Å². The van der Waals surface area contributed by atoms with Crippen LogP contribution >= 0.6 is 0 Å². The third-order valence-electron chi connectivity index (χ3n) is 25.0. The van der Waals surface area contributed by atoms with Crippen LogP contribution in [0.25, 0.3) is 133 Å². The Morgan fingerprint density at radius 2 is 0.462 bits per heavy atom. The zero-order valence-corrected chi connectivity index (χ0v) is 68.9. The van der Waals surface area contributed by atoms with Gasteiger partial charge in [-0.15, -0.1) is 0 Å². The van der Waals surface area contributed by atoms with E-state index in [9.17, 15) is 0 Å². The fourth-order valence-electron chi connectivity index (χ4n) is 18.9. The number of nitrogens with zero attached hydrogens (tertiary/aromatic N) is 4. The van der Waals surface area contributed by atoms with Crippen molar-refractivity contribution in [2.24, 2.45) is 0 Å². The highest BCUT2D eigenvalue weighted by Crippen LogP contribution is 2.54. The Kier molecular flexibility index (Phi) is 17.3. The van der Waals surface area contributed by atoms with Gasteiger partial charge in [0.25, 0.3) is 6.71 Å². The first-order valence-corrected chi connectivity index (χ1v) is 41.6. The molecule has 0 fully saturated rings. The van der Waals surface area contributed by atoms with Gasteiger partial charge in [-0.25, -0.2) is 0 Å². The van der Waals surface area contributed by atoms with E-state index in [2.05, 4.69) is 460 Å². The van der Waals surface area contributed by atoms with Gasteiger partial charge in [0, 0.05) is 66.8 Å². The molecule has 0 aliphatic carbocycles. The van der Waals surface area contributed by atoms with Crippen molar-refractivity contribution in [1.29, 1.82) is 0 Å². The molecule has 20 rings (SSSR count). The van der Waals surface area contributed by atoms with Crippen LogP contribution in [0.4, 0.5) is 34.1 Å². The van der Waals surface area contributed by atoms with E-state index in [-0.39, 0.29) is 28.4 Å². The summed E-state index contributed by atoms with van der Waals surface area (Å²) in [6, 6.07) is 136. The topological polar surface area (TPSA) is 16.3 Å². The molecule has 0 spiro atoms. The second kappa shape index (κ2) is 27.8. The van der Waals surface area contributed by atoms with Crippen LogP contribution < -0.4 is 26.2 Å². The molecule has 5 heteroatoms. The van der Waals surface area contributed by atoms with Crippen molar-refractivity contribution in [3.63, 3.8) is 0 Å². The fraction of sp³-hybridized carbons (Fsp3) is 0.143. The number of benzene rings is 16. The summed E-state index contributed by atoms with van der Waals surface area (Å²) in [5.41, 5.74) is 38.3. The molecule has 4 nitrogen and oxygen atoms in total. The van der Waals surface area contributed by atoms with Gasteiger partial charge in [0.1, 0.15) is 0 Å². The smallest absolute Gasteiger partial charge is 0.252 e. The lowest BCUT2D eigenvalue weighted by Crippen LogP contribution is -2.61. The minimum absolute atomic E-state index is 0.0687. The van der Waals surface area contributed by atoms with Gasteiger partial charge in [-0.05, 0) is 224 Å². The molecule has 16 aromatic carbocycles. The monoisotopic (exact) mass is 1510 g/mol. The van der Waals surface area contributed by atoms with Crippen LogP contribution in [-0.4, -0.2) is 15.8 Å². The number of fused-ring (bicyclic) bond motifs is 10. The van der Waals surface area contributed by atoms with Crippen LogP contribution in [0.3, 0.4) is 0 Å². The number of anilines is 6. The third kappa shape index (κ3) is 12.3. The van der Waals surface area contributed by atoms with E-state index in [4.69, 9.17) is 0 Å². The van der Waals surface area contributed by atoms with E-state index < -0.39 is 0 Å². The maximum absolute atomic E-state index is 2.67. The predicted octanol–water partition coefficient (Wildman–Crippen LogP) is 28.8. The average Bonchev–Trinajstić information content (AvgIpc) is 0.984. The number of hydrogen-bond donors (Lipinski definition) is 0. The Balaban J connectivity index is 0.911. The molecular weight excluding hydrogens is 1410 g/mol. The Morgan fingerprint density at radius 3 is 0.778 bits per heavy atom. The van der Waals surface area contributed by atoms with Crippen molar-refractivity contribution in [3.05, 3.63) is 380 Å². The lowest BCUT2D eigenvalue weighted by Gasteiger charge is -2.45. The summed E-state index contributed by atoms with van der Waals surface area (Å²) >= 11 is 0. The summed E-state index contributed by atoms with van der Waals surface area (Å²) < 4.78 is 5.11. The van der Waals surface area contributed by atoms with Crippen LogP contribution in [0.15, 0.2) is 358 Å². The molecule has 566 valence electrons. The van der Waals surface area contributed by atoms with E-state index in [0.717, 1.165) is 90.0 Å². The average molecular weight is 1510 g/mol. The minimum atomic E-state index is -0.265. The molecule has 0 saturated heterocycles. The fourth-order valence-corrected chi connectivity index (χ4v) is 18.9. The maximum atomic E-state index is 2.67. The van der Waals surface area contributed by atoms with Crippen LogP contribution in [0.5, 0.6) is 0 Å². The summed E-state index contributed by atoms with van der Waals surface area (Å²) in [6.07, 6.45) is 0. The molecule has 0 N–H and O–H groups in total. The van der Waals surface area contributed by atoms with Gasteiger partial charge in [-0.2, -0.15) is 0 Å². The normalized spacial score (nSPS) is 12.9. The first kappa shape index (κ1) is 72.7. The first-order chi connectivity index (χ1) is 56.6. The van der Waals surface area contributed by atoms with Crippen molar-refractivity contribution < 1.29 is 0 Å². The predicted molar refractivity (Wildman–Crippen MR) is 502 cm³/mol. The number of aromatic nitrogens is 2. The van der Waals surface area contributed by atoms with Gasteiger partial charge in [-0.3, -0.25) is 0 Å². The lowest BCUT2D eigenvalue weighted by atomic mass is 9.33. The lowest BCUT2D eigenvalue weighted by molar-refractivity contribution is 0.590. The number of hydrogen-bond acceptors (Lipinski definition) is 2. The molecule has 2 aliphatic rings. The molecular formula is C112H95BN4. The van der Waals surface area contributed by atoms with Gasteiger partial charge >= 0.3 is 0 Å². The molecule has 0 saturated carbocycles. The maximum Gasteiger partial charge on any atom is 0.252 e. The van der Waals surface area contributed by atoms with Crippen molar-refractivity contribution in [2.45, 2.75) is 105 Å². The second-order valence-electron chi connectivity index (χ2n) is 36.4. The van der Waals surface area contributed by atoms with Gasteiger partial charge in [0.05, 0.1) is 33.4 Å². The molecule has 0 bridgehead atoms. The highest BCUT2D eigenvalue weighted by atomic mass is 15.2. The van der Waals surface area contributed by atoms with Crippen LogP contribution in [-0.2, 0) is 21.7 Å². The molecule has 4 heterocycles. The molecule has 117 heavy (non-hydrogen) atoms. The Morgan fingerprint density at radius 1 is 0.197 bits per heavy atom. The van der Waals surface area contributed by atoms with E-state index >= 15 is 0 Å². The zero-order chi connectivity index (χ0) is 80.0. The van der Waals surface area contributed by atoms with Crippen LogP contribution in [0, 0.1) is 0 Å². The molecule has 2 aliphatic heterocycles. The van der Waals surface area contributed by atoms with E-state index in [1.54, 1.807) is 0 Å². The minimum Gasteiger partial charge on any atom is -0.311 e. The largest absolute Gasteiger partial charge is 0.311 e. The molecule has 2 aromatic heterocycles. The van der Waals surface area contributed by atoms with Crippen molar-refractivity contribution in [2.75, 3.05) is 9.80 Å². The highest BCUT2D eigenvalue weighted by molar-refractivity contribution is 7.00. The Bertz CT molecular complexity index is 6450. The highest BCUT2D eigenvalue weighted by Gasteiger charge is 2.45. The first-order valence-electron chi connectivity index (χ1n) is 41.6. The molecule has 0 radical (unpaired) electrons. The summed E-state index contributed by atoms with van der Waals surface area (Å²) in [5.74, 6) is 0. The quantitative estimate of drug-likeness (QED) is 0.120. The number of rotatable bonds is 11. The summed E-state index contributed by atoms with van der Waals surface area (Å²) in [6.45, 7) is 27.7. The van der Waals surface area contributed by atoms with Gasteiger partial charge in [0.15, 0.2) is 0 Å². The molecule has 18 aromatic rings. The van der Waals surface area contributed by atoms with Crippen molar-refractivity contribution >= 4 is 101 Å². The number of para-hydroxylation sites is 2. The van der Waals surface area contributed by atoms with Crippen LogP contribution in [0.2, 0.25) is 0 Å². The summed E-state index contributed by atoms with van der Waals surface area (Å²) in [5, 5.41) is 5.02. The van der Waals surface area contributed by atoms with E-state index in [1.165, 1.54) is 116 Å². The standard InChI is InChI=1S/C112H95BN4/c1-109(2,3)76-52-60-100-92(66-76)93-67-77(110(4,5)6)53-61-101(93)114(100)80-56-58-96-104(70-80)116(98-50-32-30-48-90(98)88-46-28-26-44-86(88)84-42-24-22-40-82(84)73-36-18-14-19-37-73)106-64-75(72-34-16-13-17-35-72)65-107-108(106)113(96)97-59-57-81(115-102-62-54-78(111(7,8)9)68-94(102)95-69-79(112(10,11)12)55-63-103(95)115)71-105(97)117(107)99-51-33-31-49-91(99)89-47-29-27-45-87(89)85-43-25-23-41-83(85)74-38-20-15-21-39-74/h13-71H,1-12H3. The van der Waals surface area contributed by atoms with Gasteiger partial charge in [-0.1, -0.05) is 344 Å². The summed E-state index contributed by atoms with van der Waals surface area (Å²) in [7, 11) is 0. The summed E-state index contributed by atoms with van der Waals surface area (Å²) in [4.78, 5) is 5.35. The van der Waals surface area contributed by atoms with Crippen LogP contribution in [0.1, 0.15) is 105 Å².